The number of hydrogen-bond donors (Lipinski definition) is 1. The highest BCUT2D eigenvalue weighted by molar-refractivity contribution is 6.03. The van der Waals surface area contributed by atoms with E-state index in [1.807, 2.05) is 0 Å². The molecular weight excluding hydrogens is 243 g/mol. The summed E-state index contributed by atoms with van der Waals surface area (Å²) in [5.74, 6) is -1.44. The number of carbonyl (C=O) groups excluding carboxylic acids is 3. The zero-order valence-electron chi connectivity index (χ0n) is 9.65. The van der Waals surface area contributed by atoms with E-state index in [1.54, 1.807) is 0 Å². The molecule has 0 aliphatic carbocycles. The van der Waals surface area contributed by atoms with Crippen molar-refractivity contribution in [3.05, 3.63) is 12.2 Å². The van der Waals surface area contributed by atoms with Gasteiger partial charge in [-0.25, -0.2) is 4.39 Å². The summed E-state index contributed by atoms with van der Waals surface area (Å²) in [4.78, 5) is 35.7. The summed E-state index contributed by atoms with van der Waals surface area (Å²) >= 11 is 0. The fourth-order valence-electron chi connectivity index (χ4n) is 1.97. The normalized spacial score (nSPS) is 30.2. The van der Waals surface area contributed by atoms with E-state index in [1.165, 1.54) is 0 Å². The van der Waals surface area contributed by atoms with E-state index in [0.717, 1.165) is 4.90 Å². The van der Waals surface area contributed by atoms with Gasteiger partial charge in [0.2, 0.25) is 18.2 Å². The van der Waals surface area contributed by atoms with Gasteiger partial charge in [-0.2, -0.15) is 0 Å². The van der Waals surface area contributed by atoms with Crippen LogP contribution in [0.4, 0.5) is 4.39 Å². The molecule has 7 heteroatoms. The van der Waals surface area contributed by atoms with E-state index in [4.69, 9.17) is 4.74 Å². The Hall–Kier alpha value is -1.76. The number of imide groups is 1. The molecule has 0 aromatic heterocycles. The first kappa shape index (κ1) is 12.7. The summed E-state index contributed by atoms with van der Waals surface area (Å²) < 4.78 is 17.9. The van der Waals surface area contributed by atoms with Crippen molar-refractivity contribution in [1.82, 2.24) is 10.2 Å². The molecule has 2 aliphatic heterocycles. The van der Waals surface area contributed by atoms with E-state index in [0.29, 0.717) is 0 Å². The maximum atomic E-state index is 13.2. The molecular formula is C11H13FN2O4. The van der Waals surface area contributed by atoms with E-state index in [-0.39, 0.29) is 37.5 Å². The van der Waals surface area contributed by atoms with Crippen molar-refractivity contribution in [1.29, 1.82) is 0 Å². The van der Waals surface area contributed by atoms with Gasteiger partial charge in [-0.15, -0.1) is 0 Å². The minimum Gasteiger partial charge on any atom is -0.327 e. The monoisotopic (exact) mass is 256 g/mol. The number of alkyl halides is 1. The molecule has 2 unspecified atom stereocenters. The Bertz CT molecular complexity index is 423. The number of carbonyl (C=O) groups is 3. The van der Waals surface area contributed by atoms with E-state index < -0.39 is 24.2 Å². The van der Waals surface area contributed by atoms with Crippen molar-refractivity contribution in [3.8, 4) is 0 Å². The zero-order chi connectivity index (χ0) is 13.3. The van der Waals surface area contributed by atoms with Gasteiger partial charge >= 0.3 is 0 Å². The van der Waals surface area contributed by atoms with Crippen LogP contribution in [-0.2, 0) is 19.1 Å². The topological polar surface area (TPSA) is 75.7 Å². The second-order valence-electron chi connectivity index (χ2n) is 4.26. The Morgan fingerprint density at radius 3 is 2.78 bits per heavy atom. The lowest BCUT2D eigenvalue weighted by Gasteiger charge is -2.31. The highest BCUT2D eigenvalue weighted by atomic mass is 19.1. The van der Waals surface area contributed by atoms with Gasteiger partial charge in [-0.1, -0.05) is 6.58 Å². The molecule has 2 saturated heterocycles. The Labute approximate surface area is 103 Å². The fourth-order valence-corrected chi connectivity index (χ4v) is 1.97. The summed E-state index contributed by atoms with van der Waals surface area (Å²) in [5, 5.41) is 2.14. The molecule has 0 saturated carbocycles. The maximum absolute atomic E-state index is 13.2. The summed E-state index contributed by atoms with van der Waals surface area (Å²) in [5.41, 5.74) is 0.0599. The highest BCUT2D eigenvalue weighted by Gasteiger charge is 2.37. The number of hydrogen-bond acceptors (Lipinski definition) is 4. The summed E-state index contributed by atoms with van der Waals surface area (Å²) in [6, 6.07) is -0.808. The van der Waals surface area contributed by atoms with Gasteiger partial charge in [0.25, 0.3) is 5.91 Å². The van der Waals surface area contributed by atoms with Crippen molar-refractivity contribution >= 4 is 17.7 Å². The van der Waals surface area contributed by atoms with Gasteiger partial charge in [0, 0.05) is 18.4 Å². The molecule has 3 amide bonds. The molecule has 2 atom stereocenters. The van der Waals surface area contributed by atoms with Gasteiger partial charge < -0.3 is 9.64 Å². The third kappa shape index (κ3) is 2.40. The number of amides is 3. The van der Waals surface area contributed by atoms with Crippen LogP contribution in [-0.4, -0.2) is 41.8 Å². The van der Waals surface area contributed by atoms with Gasteiger partial charge in [0.15, 0.2) is 0 Å². The molecule has 0 aromatic rings. The number of piperidine rings is 1. The van der Waals surface area contributed by atoms with Crippen molar-refractivity contribution < 1.29 is 23.5 Å². The summed E-state index contributed by atoms with van der Waals surface area (Å²) in [6.45, 7) is 3.17. The standard InChI is InChI=1S/C11H13FN2O4/c1-6-4-8(12)18-5-14(11(6)17)7-2-3-9(15)13-10(7)16/h7-8H,1-5H2,(H,13,15,16). The number of nitrogens with zero attached hydrogens (tertiary/aromatic N) is 1. The molecule has 0 bridgehead atoms. The van der Waals surface area contributed by atoms with E-state index in [2.05, 4.69) is 11.9 Å². The molecule has 2 heterocycles. The minimum absolute atomic E-state index is 0.0599. The largest absolute Gasteiger partial charge is 0.327 e. The minimum atomic E-state index is -1.60. The van der Waals surface area contributed by atoms with Crippen molar-refractivity contribution in [2.75, 3.05) is 6.73 Å². The fraction of sp³-hybridized carbons (Fsp3) is 0.545. The molecule has 2 fully saturated rings. The molecule has 2 rings (SSSR count). The Morgan fingerprint density at radius 2 is 2.11 bits per heavy atom. The Morgan fingerprint density at radius 1 is 1.39 bits per heavy atom. The number of nitrogens with one attached hydrogen (secondary N) is 1. The molecule has 0 radical (unpaired) electrons. The van der Waals surface area contributed by atoms with Crippen LogP contribution in [0.25, 0.3) is 0 Å². The predicted molar refractivity (Wildman–Crippen MR) is 57.6 cm³/mol. The van der Waals surface area contributed by atoms with Crippen LogP contribution in [0.5, 0.6) is 0 Å². The Kier molecular flexibility index (Phi) is 3.42. The van der Waals surface area contributed by atoms with Crippen LogP contribution in [0.2, 0.25) is 0 Å². The molecule has 1 N–H and O–H groups in total. The van der Waals surface area contributed by atoms with Gasteiger partial charge in [-0.05, 0) is 6.42 Å². The molecule has 18 heavy (non-hydrogen) atoms. The van der Waals surface area contributed by atoms with Gasteiger partial charge in [0.1, 0.15) is 12.8 Å². The van der Waals surface area contributed by atoms with Gasteiger partial charge in [-0.3, -0.25) is 19.7 Å². The molecule has 98 valence electrons. The average Bonchev–Trinajstić information content (AvgIpc) is 2.41. The van der Waals surface area contributed by atoms with E-state index >= 15 is 0 Å². The second kappa shape index (κ2) is 4.85. The number of rotatable bonds is 1. The summed E-state index contributed by atoms with van der Waals surface area (Å²) in [6.07, 6.45) is -1.45. The molecule has 0 spiro atoms. The van der Waals surface area contributed by atoms with Crippen molar-refractivity contribution in [2.24, 2.45) is 0 Å². The lowest BCUT2D eigenvalue weighted by molar-refractivity contribution is -0.151. The number of halogens is 1. The third-order valence-corrected chi connectivity index (χ3v) is 2.95. The SMILES string of the molecule is C=C1CC(F)OCN(C2CCC(=O)NC2=O)C1=O. The van der Waals surface area contributed by atoms with E-state index in [9.17, 15) is 18.8 Å². The van der Waals surface area contributed by atoms with Crippen LogP contribution in [0, 0.1) is 0 Å². The highest BCUT2D eigenvalue weighted by Crippen LogP contribution is 2.21. The second-order valence-corrected chi connectivity index (χ2v) is 4.26. The first-order valence-electron chi connectivity index (χ1n) is 5.57. The molecule has 0 aromatic carbocycles. The maximum Gasteiger partial charge on any atom is 0.251 e. The van der Waals surface area contributed by atoms with Gasteiger partial charge in [0.05, 0.1) is 0 Å². The average molecular weight is 256 g/mol. The quantitative estimate of drug-likeness (QED) is 0.523. The predicted octanol–water partition coefficient (Wildman–Crippen LogP) is -0.150. The lowest BCUT2D eigenvalue weighted by atomic mass is 10.0. The smallest absolute Gasteiger partial charge is 0.251 e. The summed E-state index contributed by atoms with van der Waals surface area (Å²) in [7, 11) is 0. The number of ether oxygens (including phenoxy) is 1. The van der Waals surface area contributed by atoms with Crippen LogP contribution in [0.3, 0.4) is 0 Å². The first-order valence-corrected chi connectivity index (χ1v) is 5.57. The first-order chi connectivity index (χ1) is 8.49. The van der Waals surface area contributed by atoms with Crippen LogP contribution < -0.4 is 5.32 Å². The van der Waals surface area contributed by atoms with Crippen LogP contribution >= 0.6 is 0 Å². The molecule has 6 nitrogen and oxygen atoms in total. The van der Waals surface area contributed by atoms with Crippen molar-refractivity contribution in [3.63, 3.8) is 0 Å². The molecule has 2 aliphatic rings. The Balaban J connectivity index is 2.15. The lowest BCUT2D eigenvalue weighted by Crippen LogP contribution is -2.54. The zero-order valence-corrected chi connectivity index (χ0v) is 9.65. The van der Waals surface area contributed by atoms with Crippen molar-refractivity contribution in [2.45, 2.75) is 31.7 Å². The van der Waals surface area contributed by atoms with Crippen LogP contribution in [0.15, 0.2) is 12.2 Å². The van der Waals surface area contributed by atoms with Crippen LogP contribution in [0.1, 0.15) is 19.3 Å². The third-order valence-electron chi connectivity index (χ3n) is 2.95.